The first-order valence-corrected chi connectivity index (χ1v) is 5.91. The molecule has 0 aliphatic heterocycles. The topological polar surface area (TPSA) is 87.7 Å². The Bertz CT molecular complexity index is 479. The van der Waals surface area contributed by atoms with E-state index in [0.717, 1.165) is 0 Å². The third-order valence-corrected chi connectivity index (χ3v) is 2.58. The number of hydrogen-bond acceptors (Lipinski definition) is 4. The van der Waals surface area contributed by atoms with Crippen molar-refractivity contribution in [3.05, 3.63) is 23.2 Å². The lowest BCUT2D eigenvalue weighted by molar-refractivity contribution is -0.141. The van der Waals surface area contributed by atoms with E-state index in [2.05, 4.69) is 10.6 Å². The van der Waals surface area contributed by atoms with Gasteiger partial charge in [-0.1, -0.05) is 11.6 Å². The standard InChI is InChI=1S/C12H15ClN2O4/c1-7(12(17)18)15-11(16)6-14-9-5-8(13)3-4-10(9)19-2/h3-5,7,14H,6H2,1-2H3,(H,15,16)(H,17,18)/t7-/m1/s1. The van der Waals surface area contributed by atoms with Gasteiger partial charge in [-0.3, -0.25) is 9.59 Å². The molecule has 3 N–H and O–H groups in total. The summed E-state index contributed by atoms with van der Waals surface area (Å²) in [6.45, 7) is 1.31. The summed E-state index contributed by atoms with van der Waals surface area (Å²) in [5, 5.41) is 14.3. The van der Waals surface area contributed by atoms with E-state index >= 15 is 0 Å². The Labute approximate surface area is 115 Å². The minimum absolute atomic E-state index is 0.0751. The molecule has 0 saturated heterocycles. The lowest BCUT2D eigenvalue weighted by Crippen LogP contribution is -2.41. The van der Waals surface area contributed by atoms with Crippen LogP contribution < -0.4 is 15.4 Å². The summed E-state index contributed by atoms with van der Waals surface area (Å²) in [4.78, 5) is 22.1. The molecule has 0 aliphatic carbocycles. The fraction of sp³-hybridized carbons (Fsp3) is 0.333. The van der Waals surface area contributed by atoms with Gasteiger partial charge in [0.15, 0.2) is 0 Å². The maximum atomic E-state index is 11.5. The Morgan fingerprint density at radius 2 is 2.16 bits per heavy atom. The molecule has 0 bridgehead atoms. The summed E-state index contributed by atoms with van der Waals surface area (Å²) < 4.78 is 5.10. The molecule has 1 rings (SSSR count). The zero-order valence-corrected chi connectivity index (χ0v) is 11.3. The zero-order chi connectivity index (χ0) is 14.4. The smallest absolute Gasteiger partial charge is 0.325 e. The molecule has 6 nitrogen and oxygen atoms in total. The van der Waals surface area contributed by atoms with Crippen LogP contribution in [0.5, 0.6) is 5.75 Å². The van der Waals surface area contributed by atoms with E-state index in [9.17, 15) is 9.59 Å². The molecular formula is C12H15ClN2O4. The first-order chi connectivity index (χ1) is 8.93. The van der Waals surface area contributed by atoms with Crippen molar-refractivity contribution in [3.63, 3.8) is 0 Å². The fourth-order valence-corrected chi connectivity index (χ4v) is 1.52. The molecule has 0 aliphatic rings. The van der Waals surface area contributed by atoms with Crippen molar-refractivity contribution in [2.45, 2.75) is 13.0 Å². The summed E-state index contributed by atoms with van der Waals surface area (Å²) in [5.41, 5.74) is 0.563. The van der Waals surface area contributed by atoms with Crippen molar-refractivity contribution in [2.75, 3.05) is 19.0 Å². The molecular weight excluding hydrogens is 272 g/mol. The average Bonchev–Trinajstić information content (AvgIpc) is 2.36. The maximum absolute atomic E-state index is 11.5. The van der Waals surface area contributed by atoms with Crippen LogP contribution in [0, 0.1) is 0 Å². The highest BCUT2D eigenvalue weighted by Crippen LogP contribution is 2.27. The van der Waals surface area contributed by atoms with Crippen molar-refractivity contribution < 1.29 is 19.4 Å². The summed E-state index contributed by atoms with van der Waals surface area (Å²) in [7, 11) is 1.50. The number of benzene rings is 1. The van der Waals surface area contributed by atoms with Crippen molar-refractivity contribution in [2.24, 2.45) is 0 Å². The molecule has 7 heteroatoms. The van der Waals surface area contributed by atoms with E-state index in [1.165, 1.54) is 14.0 Å². The summed E-state index contributed by atoms with van der Waals surface area (Å²) >= 11 is 5.84. The molecule has 1 aromatic rings. The number of carboxylic acids is 1. The monoisotopic (exact) mass is 286 g/mol. The number of methoxy groups -OCH3 is 1. The third kappa shape index (κ3) is 4.67. The van der Waals surface area contributed by atoms with Crippen molar-refractivity contribution in [3.8, 4) is 5.75 Å². The van der Waals surface area contributed by atoms with Gasteiger partial charge >= 0.3 is 5.97 Å². The molecule has 1 aromatic carbocycles. The molecule has 19 heavy (non-hydrogen) atoms. The van der Waals surface area contributed by atoms with Crippen LogP contribution in [0.25, 0.3) is 0 Å². The van der Waals surface area contributed by atoms with Gasteiger partial charge in [0.25, 0.3) is 0 Å². The number of amides is 1. The van der Waals surface area contributed by atoms with E-state index in [1.807, 2.05) is 0 Å². The van der Waals surface area contributed by atoms with Gasteiger partial charge in [0, 0.05) is 5.02 Å². The normalized spacial score (nSPS) is 11.5. The molecule has 0 spiro atoms. The number of carbonyl (C=O) groups is 2. The number of rotatable bonds is 6. The zero-order valence-electron chi connectivity index (χ0n) is 10.6. The van der Waals surface area contributed by atoms with Crippen LogP contribution in [0.4, 0.5) is 5.69 Å². The number of ether oxygens (including phenoxy) is 1. The highest BCUT2D eigenvalue weighted by molar-refractivity contribution is 6.30. The average molecular weight is 287 g/mol. The Hall–Kier alpha value is -1.95. The highest BCUT2D eigenvalue weighted by Gasteiger charge is 2.14. The Morgan fingerprint density at radius 3 is 2.74 bits per heavy atom. The van der Waals surface area contributed by atoms with Crippen molar-refractivity contribution in [1.82, 2.24) is 5.32 Å². The first-order valence-electron chi connectivity index (χ1n) is 5.53. The van der Waals surface area contributed by atoms with Crippen LogP contribution in [0.15, 0.2) is 18.2 Å². The number of halogens is 1. The van der Waals surface area contributed by atoms with Crippen molar-refractivity contribution >= 4 is 29.2 Å². The van der Waals surface area contributed by atoms with Gasteiger partial charge < -0.3 is 20.5 Å². The first kappa shape index (κ1) is 15.1. The maximum Gasteiger partial charge on any atom is 0.325 e. The number of carboxylic acid groups (broad SMARTS) is 1. The lowest BCUT2D eigenvalue weighted by Gasteiger charge is -2.13. The van der Waals surface area contributed by atoms with Crippen LogP contribution in [-0.4, -0.2) is 36.7 Å². The number of nitrogens with one attached hydrogen (secondary N) is 2. The predicted octanol–water partition coefficient (Wildman–Crippen LogP) is 1.35. The second kappa shape index (κ2) is 6.84. The number of anilines is 1. The van der Waals surface area contributed by atoms with Crippen LogP contribution in [0.2, 0.25) is 5.02 Å². The number of carbonyl (C=O) groups excluding carboxylic acids is 1. The van der Waals surface area contributed by atoms with Crippen LogP contribution in [0.1, 0.15) is 6.92 Å². The van der Waals surface area contributed by atoms with Crippen molar-refractivity contribution in [1.29, 1.82) is 0 Å². The Morgan fingerprint density at radius 1 is 1.47 bits per heavy atom. The van der Waals surface area contributed by atoms with Crippen LogP contribution >= 0.6 is 11.6 Å². The molecule has 0 saturated carbocycles. The molecule has 1 amide bonds. The Kier molecular flexibility index (Phi) is 5.44. The van der Waals surface area contributed by atoms with E-state index in [0.29, 0.717) is 16.5 Å². The second-order valence-corrected chi connectivity index (χ2v) is 4.26. The largest absolute Gasteiger partial charge is 0.495 e. The van der Waals surface area contributed by atoms with Gasteiger partial charge in [0.1, 0.15) is 11.8 Å². The van der Waals surface area contributed by atoms with E-state index in [4.69, 9.17) is 21.4 Å². The minimum Gasteiger partial charge on any atom is -0.495 e. The third-order valence-electron chi connectivity index (χ3n) is 2.35. The predicted molar refractivity (Wildman–Crippen MR) is 71.7 cm³/mol. The van der Waals surface area contributed by atoms with Gasteiger partial charge in [-0.15, -0.1) is 0 Å². The van der Waals surface area contributed by atoms with Crippen LogP contribution in [-0.2, 0) is 9.59 Å². The highest BCUT2D eigenvalue weighted by atomic mass is 35.5. The summed E-state index contributed by atoms with van der Waals surface area (Å²) in [5.74, 6) is -0.978. The lowest BCUT2D eigenvalue weighted by atomic mass is 10.3. The van der Waals surface area contributed by atoms with Crippen LogP contribution in [0.3, 0.4) is 0 Å². The second-order valence-electron chi connectivity index (χ2n) is 3.83. The molecule has 104 valence electrons. The van der Waals surface area contributed by atoms with E-state index in [-0.39, 0.29) is 6.54 Å². The molecule has 0 radical (unpaired) electrons. The molecule has 0 aromatic heterocycles. The fourth-order valence-electron chi connectivity index (χ4n) is 1.35. The summed E-state index contributed by atoms with van der Waals surface area (Å²) in [6.07, 6.45) is 0. The van der Waals surface area contributed by atoms with Gasteiger partial charge in [0.2, 0.25) is 5.91 Å². The molecule has 0 unspecified atom stereocenters. The van der Waals surface area contributed by atoms with Gasteiger partial charge in [-0.25, -0.2) is 0 Å². The SMILES string of the molecule is COc1ccc(Cl)cc1NCC(=O)N[C@H](C)C(=O)O. The number of aliphatic carboxylic acids is 1. The molecule has 0 heterocycles. The van der Waals surface area contributed by atoms with Gasteiger partial charge in [-0.05, 0) is 25.1 Å². The molecule has 0 fully saturated rings. The minimum atomic E-state index is -1.09. The Balaban J connectivity index is 2.59. The quantitative estimate of drug-likeness (QED) is 0.735. The molecule has 1 atom stereocenters. The van der Waals surface area contributed by atoms with E-state index in [1.54, 1.807) is 18.2 Å². The van der Waals surface area contributed by atoms with Gasteiger partial charge in [-0.2, -0.15) is 0 Å². The van der Waals surface area contributed by atoms with Gasteiger partial charge in [0.05, 0.1) is 19.3 Å². The number of hydrogen-bond donors (Lipinski definition) is 3. The summed E-state index contributed by atoms with van der Waals surface area (Å²) in [6, 6.07) is 4.02. The van der Waals surface area contributed by atoms with E-state index < -0.39 is 17.9 Å².